The molecule has 1 heterocycles. The third-order valence-electron chi connectivity index (χ3n) is 4.78. The van der Waals surface area contributed by atoms with Gasteiger partial charge in [0.25, 0.3) is 0 Å². The third kappa shape index (κ3) is 5.89. The number of ether oxygens (including phenoxy) is 2. The quantitative estimate of drug-likeness (QED) is 0.565. The molecule has 1 N–H and O–H groups in total. The van der Waals surface area contributed by atoms with Gasteiger partial charge in [-0.3, -0.25) is 4.79 Å². The van der Waals surface area contributed by atoms with Crippen LogP contribution < -0.4 is 5.32 Å². The van der Waals surface area contributed by atoms with Gasteiger partial charge in [-0.1, -0.05) is 20.8 Å². The number of hydrogen-bond donors (Lipinski definition) is 1. The van der Waals surface area contributed by atoms with Crippen molar-refractivity contribution in [3.63, 3.8) is 0 Å². The molecule has 1 fully saturated rings. The summed E-state index contributed by atoms with van der Waals surface area (Å²) in [4.78, 5) is 24.1. The third-order valence-corrected chi connectivity index (χ3v) is 9.32. The van der Waals surface area contributed by atoms with Crippen molar-refractivity contribution in [3.05, 3.63) is 0 Å². The smallest absolute Gasteiger partial charge is 0.328 e. The highest BCUT2D eigenvalue weighted by atomic mass is 28.4. The molecule has 1 rings (SSSR count). The zero-order chi connectivity index (χ0) is 17.7. The molecular formula is C16H31NO5Si. The van der Waals surface area contributed by atoms with E-state index in [2.05, 4.69) is 39.2 Å². The van der Waals surface area contributed by atoms with E-state index >= 15 is 0 Å². The van der Waals surface area contributed by atoms with Crippen LogP contribution in [0.2, 0.25) is 18.1 Å². The Morgan fingerprint density at radius 3 is 2.48 bits per heavy atom. The van der Waals surface area contributed by atoms with E-state index in [1.54, 1.807) is 0 Å². The van der Waals surface area contributed by atoms with Crippen LogP contribution in [0.15, 0.2) is 0 Å². The van der Waals surface area contributed by atoms with E-state index < -0.39 is 20.3 Å². The molecule has 1 aliphatic rings. The summed E-state index contributed by atoms with van der Waals surface area (Å²) in [5.41, 5.74) is 0. The maximum absolute atomic E-state index is 12.2. The molecule has 0 aliphatic carbocycles. The highest BCUT2D eigenvalue weighted by Gasteiger charge is 2.37. The van der Waals surface area contributed by atoms with Crippen LogP contribution in [0, 0.1) is 5.92 Å². The molecule has 0 bridgehead atoms. The maximum atomic E-state index is 12.2. The van der Waals surface area contributed by atoms with Crippen LogP contribution in [0.1, 0.15) is 33.6 Å². The molecule has 2 atom stereocenters. The highest BCUT2D eigenvalue weighted by molar-refractivity contribution is 6.74. The number of carbonyl (C=O) groups excluding carboxylic acids is 2. The van der Waals surface area contributed by atoms with E-state index in [0.29, 0.717) is 32.7 Å². The first-order chi connectivity index (χ1) is 10.6. The van der Waals surface area contributed by atoms with Gasteiger partial charge in [0.15, 0.2) is 8.32 Å². The minimum atomic E-state index is -1.87. The van der Waals surface area contributed by atoms with Crippen LogP contribution in [-0.4, -0.2) is 53.2 Å². The van der Waals surface area contributed by atoms with Crippen LogP contribution in [0.4, 0.5) is 0 Å². The molecule has 1 saturated heterocycles. The van der Waals surface area contributed by atoms with Crippen molar-refractivity contribution in [3.8, 4) is 0 Å². The molecule has 0 unspecified atom stereocenters. The van der Waals surface area contributed by atoms with Gasteiger partial charge in [0.1, 0.15) is 6.04 Å². The molecule has 23 heavy (non-hydrogen) atoms. The molecule has 0 aromatic rings. The normalized spacial score (nSPS) is 20.2. The van der Waals surface area contributed by atoms with Crippen LogP contribution in [-0.2, 0) is 23.5 Å². The fourth-order valence-electron chi connectivity index (χ4n) is 2.07. The van der Waals surface area contributed by atoms with Gasteiger partial charge < -0.3 is 19.2 Å². The van der Waals surface area contributed by atoms with Gasteiger partial charge in [-0.05, 0) is 24.6 Å². The predicted molar refractivity (Wildman–Crippen MR) is 90.6 cm³/mol. The van der Waals surface area contributed by atoms with Crippen molar-refractivity contribution < 1.29 is 23.5 Å². The van der Waals surface area contributed by atoms with Gasteiger partial charge in [-0.2, -0.15) is 0 Å². The van der Waals surface area contributed by atoms with E-state index in [1.165, 1.54) is 7.11 Å². The molecule has 6 nitrogen and oxygen atoms in total. The van der Waals surface area contributed by atoms with E-state index in [9.17, 15) is 9.59 Å². The van der Waals surface area contributed by atoms with Crippen molar-refractivity contribution >= 4 is 20.2 Å². The number of carbonyl (C=O) groups is 2. The highest BCUT2D eigenvalue weighted by Crippen LogP contribution is 2.36. The first-order valence-corrected chi connectivity index (χ1v) is 11.1. The van der Waals surface area contributed by atoms with Crippen LogP contribution in [0.25, 0.3) is 0 Å². The fraction of sp³-hybridized carbons (Fsp3) is 0.875. The van der Waals surface area contributed by atoms with Crippen molar-refractivity contribution in [2.24, 2.45) is 5.92 Å². The summed E-state index contributed by atoms with van der Waals surface area (Å²) in [6, 6.07) is -0.669. The summed E-state index contributed by atoms with van der Waals surface area (Å²) in [7, 11) is -0.539. The van der Waals surface area contributed by atoms with E-state index in [0.717, 1.165) is 0 Å². The Balaban J connectivity index is 2.55. The lowest BCUT2D eigenvalue weighted by molar-refractivity contribution is -0.146. The second-order valence-electron chi connectivity index (χ2n) is 7.54. The number of rotatable bonds is 7. The molecule has 0 aromatic heterocycles. The average Bonchev–Trinajstić information content (AvgIpc) is 2.98. The summed E-state index contributed by atoms with van der Waals surface area (Å²) < 4.78 is 16.1. The topological polar surface area (TPSA) is 73.9 Å². The molecule has 7 heteroatoms. The molecular weight excluding hydrogens is 314 g/mol. The van der Waals surface area contributed by atoms with Crippen LogP contribution >= 0.6 is 0 Å². The SMILES string of the molecule is COC(=O)[C@H](CCO[Si](C)(C)C(C)(C)C)NC(=O)[C@@H]1CCOC1. The first-order valence-electron chi connectivity index (χ1n) is 8.18. The number of esters is 1. The first kappa shape index (κ1) is 20.1. The summed E-state index contributed by atoms with van der Waals surface area (Å²) in [5, 5.41) is 2.89. The molecule has 0 saturated carbocycles. The Morgan fingerprint density at radius 2 is 2.00 bits per heavy atom. The van der Waals surface area contributed by atoms with Crippen molar-refractivity contribution in [1.29, 1.82) is 0 Å². The van der Waals surface area contributed by atoms with Gasteiger partial charge in [0.05, 0.1) is 19.6 Å². The lowest BCUT2D eigenvalue weighted by atomic mass is 10.1. The fourth-order valence-corrected chi connectivity index (χ4v) is 3.13. The number of methoxy groups -OCH3 is 1. The molecule has 0 aromatic carbocycles. The Bertz CT molecular complexity index is 413. The largest absolute Gasteiger partial charge is 0.467 e. The van der Waals surface area contributed by atoms with Crippen molar-refractivity contribution in [1.82, 2.24) is 5.32 Å². The Kier molecular flexibility index (Phi) is 7.22. The molecule has 134 valence electrons. The number of nitrogens with one attached hydrogen (secondary N) is 1. The van der Waals surface area contributed by atoms with E-state index in [-0.39, 0.29) is 16.9 Å². The number of amides is 1. The van der Waals surface area contributed by atoms with Gasteiger partial charge >= 0.3 is 5.97 Å². The van der Waals surface area contributed by atoms with Crippen LogP contribution in [0.5, 0.6) is 0 Å². The maximum Gasteiger partial charge on any atom is 0.328 e. The van der Waals surface area contributed by atoms with E-state index in [1.807, 2.05) is 0 Å². The zero-order valence-electron chi connectivity index (χ0n) is 15.2. The number of hydrogen-bond acceptors (Lipinski definition) is 5. The van der Waals surface area contributed by atoms with Gasteiger partial charge in [0, 0.05) is 19.6 Å². The second-order valence-corrected chi connectivity index (χ2v) is 12.4. The van der Waals surface area contributed by atoms with E-state index in [4.69, 9.17) is 13.9 Å². The lowest BCUT2D eigenvalue weighted by Gasteiger charge is -2.36. The molecule has 0 radical (unpaired) electrons. The summed E-state index contributed by atoms with van der Waals surface area (Å²) >= 11 is 0. The van der Waals surface area contributed by atoms with Crippen LogP contribution in [0.3, 0.4) is 0 Å². The molecule has 0 spiro atoms. The Labute approximate surface area is 140 Å². The monoisotopic (exact) mass is 345 g/mol. The summed E-state index contributed by atoms with van der Waals surface area (Å²) in [5.74, 6) is -0.759. The minimum Gasteiger partial charge on any atom is -0.467 e. The summed E-state index contributed by atoms with van der Waals surface area (Å²) in [6.07, 6.45) is 1.11. The molecule has 1 aliphatic heterocycles. The zero-order valence-corrected chi connectivity index (χ0v) is 16.2. The van der Waals surface area contributed by atoms with Gasteiger partial charge in [-0.25, -0.2) is 4.79 Å². The Morgan fingerprint density at radius 1 is 1.35 bits per heavy atom. The lowest BCUT2D eigenvalue weighted by Crippen LogP contribution is -2.46. The second kappa shape index (κ2) is 8.26. The standard InChI is InChI=1S/C16H31NO5Si/c1-16(2,3)23(5,6)22-10-8-13(15(19)20-4)17-14(18)12-7-9-21-11-12/h12-13H,7-11H2,1-6H3,(H,17,18)/t12-,13+/m1/s1. The average molecular weight is 346 g/mol. The molecule has 1 amide bonds. The van der Waals surface area contributed by atoms with Crippen molar-refractivity contribution in [2.75, 3.05) is 26.9 Å². The summed E-state index contributed by atoms with van der Waals surface area (Å²) in [6.45, 7) is 12.3. The Hall–Kier alpha value is -0.923. The van der Waals surface area contributed by atoms with Gasteiger partial charge in [0.2, 0.25) is 5.91 Å². The van der Waals surface area contributed by atoms with Gasteiger partial charge in [-0.15, -0.1) is 0 Å². The minimum absolute atomic E-state index is 0.109. The van der Waals surface area contributed by atoms with Crippen molar-refractivity contribution in [2.45, 2.75) is 57.8 Å². The predicted octanol–water partition coefficient (Wildman–Crippen LogP) is 2.09.